The van der Waals surface area contributed by atoms with Gasteiger partial charge in [0.15, 0.2) is 0 Å². The molecule has 0 unspecified atom stereocenters. The van der Waals surface area contributed by atoms with Gasteiger partial charge in [0.05, 0.1) is 22.2 Å². The highest BCUT2D eigenvalue weighted by Crippen LogP contribution is 2.36. The van der Waals surface area contributed by atoms with Crippen LogP contribution in [0.2, 0.25) is 5.02 Å². The first-order valence-corrected chi connectivity index (χ1v) is 9.08. The van der Waals surface area contributed by atoms with Crippen molar-refractivity contribution in [1.29, 1.82) is 0 Å². The minimum atomic E-state index is -4.61. The van der Waals surface area contributed by atoms with E-state index in [1.54, 1.807) is 0 Å². The molecule has 2 aromatic rings. The van der Waals surface area contributed by atoms with Gasteiger partial charge in [-0.15, -0.1) is 0 Å². The molecule has 1 saturated heterocycles. The number of likely N-dealkylation sites (tertiary alicyclic amines) is 1. The summed E-state index contributed by atoms with van der Waals surface area (Å²) in [6.07, 6.45) is -2.71. The maximum Gasteiger partial charge on any atom is 0.417 e. The number of carbonyl (C=O) groups is 1. The largest absolute Gasteiger partial charge is 0.417 e. The second kappa shape index (κ2) is 7.90. The standard InChI is InChI=1S/C20H20ClF3N2O/c1-26-12-6-11-16(26)18(13-7-3-2-4-8-13)25-19(27)14-9-5-10-15(17(14)21)20(22,23)24/h2-5,7-10,16,18H,6,11-12H2,1H3,(H,25,27)/t16-,18+/m1/s1. The number of nitrogens with one attached hydrogen (secondary N) is 1. The monoisotopic (exact) mass is 396 g/mol. The number of likely N-dealkylation sites (N-methyl/N-ethyl adjacent to an activating group) is 1. The molecular weight excluding hydrogens is 377 g/mol. The van der Waals surface area contributed by atoms with Crippen LogP contribution >= 0.6 is 11.6 Å². The molecule has 1 aliphatic heterocycles. The van der Waals surface area contributed by atoms with Crippen LogP contribution in [0.4, 0.5) is 13.2 Å². The van der Waals surface area contributed by atoms with Crippen LogP contribution in [-0.2, 0) is 6.18 Å². The normalized spacial score (nSPS) is 19.1. The fourth-order valence-electron chi connectivity index (χ4n) is 3.56. The van der Waals surface area contributed by atoms with Crippen molar-refractivity contribution in [2.24, 2.45) is 0 Å². The van der Waals surface area contributed by atoms with Crippen molar-refractivity contribution in [2.45, 2.75) is 31.1 Å². The Bertz CT molecular complexity index is 811. The Morgan fingerprint density at radius 1 is 1.19 bits per heavy atom. The van der Waals surface area contributed by atoms with Crippen LogP contribution in [0.1, 0.15) is 40.4 Å². The predicted molar refractivity (Wildman–Crippen MR) is 98.8 cm³/mol. The summed E-state index contributed by atoms with van der Waals surface area (Å²) in [6.45, 7) is 0.911. The van der Waals surface area contributed by atoms with Gasteiger partial charge in [-0.1, -0.05) is 48.0 Å². The first-order chi connectivity index (χ1) is 12.8. The molecule has 7 heteroatoms. The second-order valence-corrected chi connectivity index (χ2v) is 7.09. The highest BCUT2D eigenvalue weighted by molar-refractivity contribution is 6.34. The van der Waals surface area contributed by atoms with Crippen LogP contribution < -0.4 is 5.32 Å². The van der Waals surface area contributed by atoms with Gasteiger partial charge in [0, 0.05) is 6.04 Å². The van der Waals surface area contributed by atoms with Crippen LogP contribution in [0.5, 0.6) is 0 Å². The van der Waals surface area contributed by atoms with Crippen molar-refractivity contribution in [3.63, 3.8) is 0 Å². The smallest absolute Gasteiger partial charge is 0.344 e. The van der Waals surface area contributed by atoms with Crippen molar-refractivity contribution in [2.75, 3.05) is 13.6 Å². The highest BCUT2D eigenvalue weighted by Gasteiger charge is 2.36. The van der Waals surface area contributed by atoms with E-state index in [4.69, 9.17) is 11.6 Å². The molecule has 3 rings (SSSR count). The third kappa shape index (κ3) is 4.28. The van der Waals surface area contributed by atoms with E-state index in [1.165, 1.54) is 12.1 Å². The average Bonchev–Trinajstić information content (AvgIpc) is 3.05. The lowest BCUT2D eigenvalue weighted by molar-refractivity contribution is -0.137. The van der Waals surface area contributed by atoms with E-state index in [1.807, 2.05) is 37.4 Å². The van der Waals surface area contributed by atoms with Gasteiger partial charge in [0.1, 0.15) is 0 Å². The molecule has 0 radical (unpaired) electrons. The Kier molecular flexibility index (Phi) is 5.77. The van der Waals surface area contributed by atoms with Crippen LogP contribution in [0.25, 0.3) is 0 Å². The molecular formula is C20H20ClF3N2O. The molecule has 0 spiro atoms. The number of halogens is 4. The first-order valence-electron chi connectivity index (χ1n) is 8.71. The minimum absolute atomic E-state index is 0.0703. The SMILES string of the molecule is CN1CCC[C@@H]1[C@@H](NC(=O)c1cccc(C(F)(F)F)c1Cl)c1ccccc1. The summed E-state index contributed by atoms with van der Waals surface area (Å²) in [4.78, 5) is 15.0. The summed E-state index contributed by atoms with van der Waals surface area (Å²) in [5.41, 5.74) is -0.271. The fourth-order valence-corrected chi connectivity index (χ4v) is 3.88. The zero-order chi connectivity index (χ0) is 19.6. The molecule has 0 saturated carbocycles. The number of alkyl halides is 3. The fraction of sp³-hybridized carbons (Fsp3) is 0.350. The summed E-state index contributed by atoms with van der Waals surface area (Å²) in [5, 5.41) is 2.33. The molecule has 2 aromatic carbocycles. The van der Waals surface area contributed by atoms with E-state index in [0.29, 0.717) is 0 Å². The lowest BCUT2D eigenvalue weighted by Gasteiger charge is -2.30. The number of hydrogen-bond acceptors (Lipinski definition) is 2. The predicted octanol–water partition coefficient (Wildman–Crippen LogP) is 4.92. The van der Waals surface area contributed by atoms with Gasteiger partial charge in [-0.3, -0.25) is 4.79 Å². The maximum absolute atomic E-state index is 13.1. The molecule has 144 valence electrons. The number of amides is 1. The topological polar surface area (TPSA) is 32.3 Å². The number of hydrogen-bond donors (Lipinski definition) is 1. The Morgan fingerprint density at radius 2 is 1.89 bits per heavy atom. The van der Waals surface area contributed by atoms with Gasteiger partial charge in [0.25, 0.3) is 5.91 Å². The molecule has 1 fully saturated rings. The number of benzene rings is 2. The quantitative estimate of drug-likeness (QED) is 0.795. The molecule has 1 aliphatic rings. The molecule has 1 heterocycles. The van der Waals surface area contributed by atoms with E-state index < -0.39 is 22.7 Å². The van der Waals surface area contributed by atoms with E-state index in [0.717, 1.165) is 31.0 Å². The zero-order valence-corrected chi connectivity index (χ0v) is 15.5. The summed E-state index contributed by atoms with van der Waals surface area (Å²) in [7, 11) is 1.98. The number of nitrogens with zero attached hydrogens (tertiary/aromatic N) is 1. The van der Waals surface area contributed by atoms with Crippen molar-refractivity contribution < 1.29 is 18.0 Å². The van der Waals surface area contributed by atoms with Crippen LogP contribution in [-0.4, -0.2) is 30.4 Å². The van der Waals surface area contributed by atoms with Gasteiger partial charge < -0.3 is 10.2 Å². The van der Waals surface area contributed by atoms with Crippen LogP contribution in [0, 0.1) is 0 Å². The minimum Gasteiger partial charge on any atom is -0.344 e. The second-order valence-electron chi connectivity index (χ2n) is 6.72. The zero-order valence-electron chi connectivity index (χ0n) is 14.8. The van der Waals surface area contributed by atoms with E-state index in [9.17, 15) is 18.0 Å². The summed E-state index contributed by atoms with van der Waals surface area (Å²) < 4.78 is 39.3. The van der Waals surface area contributed by atoms with Gasteiger partial charge in [-0.2, -0.15) is 13.2 Å². The lowest BCUT2D eigenvalue weighted by Crippen LogP contribution is -2.41. The summed E-state index contributed by atoms with van der Waals surface area (Å²) >= 11 is 5.91. The number of carbonyl (C=O) groups excluding carboxylic acids is 1. The van der Waals surface area contributed by atoms with Crippen molar-refractivity contribution in [3.8, 4) is 0 Å². The van der Waals surface area contributed by atoms with Crippen LogP contribution in [0.15, 0.2) is 48.5 Å². The van der Waals surface area contributed by atoms with Crippen molar-refractivity contribution in [3.05, 3.63) is 70.2 Å². The third-order valence-electron chi connectivity index (χ3n) is 4.96. The maximum atomic E-state index is 13.1. The Balaban J connectivity index is 1.92. The molecule has 0 bridgehead atoms. The third-order valence-corrected chi connectivity index (χ3v) is 5.36. The van der Waals surface area contributed by atoms with Gasteiger partial charge >= 0.3 is 6.18 Å². The Labute approximate surface area is 161 Å². The van der Waals surface area contributed by atoms with Crippen LogP contribution in [0.3, 0.4) is 0 Å². The molecule has 0 aromatic heterocycles. The van der Waals surface area contributed by atoms with Gasteiger partial charge in [-0.25, -0.2) is 0 Å². The summed E-state index contributed by atoms with van der Waals surface area (Å²) in [6, 6.07) is 12.6. The molecule has 0 aliphatic carbocycles. The van der Waals surface area contributed by atoms with E-state index in [2.05, 4.69) is 10.2 Å². The van der Waals surface area contributed by atoms with E-state index in [-0.39, 0.29) is 17.6 Å². The van der Waals surface area contributed by atoms with E-state index >= 15 is 0 Å². The number of rotatable bonds is 4. The Hall–Kier alpha value is -2.05. The molecule has 1 amide bonds. The molecule has 2 atom stereocenters. The van der Waals surface area contributed by atoms with Gasteiger partial charge in [-0.05, 0) is 44.1 Å². The van der Waals surface area contributed by atoms with Crippen molar-refractivity contribution >= 4 is 17.5 Å². The molecule has 3 nitrogen and oxygen atoms in total. The molecule has 27 heavy (non-hydrogen) atoms. The van der Waals surface area contributed by atoms with Gasteiger partial charge in [0.2, 0.25) is 0 Å². The lowest BCUT2D eigenvalue weighted by atomic mass is 9.96. The highest BCUT2D eigenvalue weighted by atomic mass is 35.5. The average molecular weight is 397 g/mol. The molecule has 1 N–H and O–H groups in total. The summed E-state index contributed by atoms with van der Waals surface area (Å²) in [5.74, 6) is -0.611. The Morgan fingerprint density at radius 3 is 2.48 bits per heavy atom. The first kappa shape index (κ1) is 19.7. The van der Waals surface area contributed by atoms with Crippen molar-refractivity contribution in [1.82, 2.24) is 10.2 Å².